The SMILES string of the molecule is COC(=O)Cc1cc(N2CCN(C)CC2)cnc1[N+](=O)[O-]. The van der Waals surface area contributed by atoms with E-state index in [4.69, 9.17) is 0 Å². The maximum Gasteiger partial charge on any atom is 0.367 e. The van der Waals surface area contributed by atoms with Crippen molar-refractivity contribution < 1.29 is 14.5 Å². The molecule has 8 heteroatoms. The van der Waals surface area contributed by atoms with E-state index in [1.54, 1.807) is 6.07 Å². The molecule has 1 saturated heterocycles. The van der Waals surface area contributed by atoms with Crippen LogP contribution in [0.1, 0.15) is 5.56 Å². The number of likely N-dealkylation sites (N-methyl/N-ethyl adjacent to an activating group) is 1. The summed E-state index contributed by atoms with van der Waals surface area (Å²) in [6.45, 7) is 3.49. The number of esters is 1. The summed E-state index contributed by atoms with van der Waals surface area (Å²) in [6, 6.07) is 1.66. The van der Waals surface area contributed by atoms with E-state index in [-0.39, 0.29) is 17.8 Å². The predicted molar refractivity (Wildman–Crippen MR) is 76.3 cm³/mol. The molecule has 114 valence electrons. The van der Waals surface area contributed by atoms with Crippen molar-refractivity contribution in [2.75, 3.05) is 45.2 Å². The Morgan fingerprint density at radius 2 is 2.10 bits per heavy atom. The number of pyridine rings is 1. The number of nitrogens with zero attached hydrogens (tertiary/aromatic N) is 4. The number of methoxy groups -OCH3 is 1. The Hall–Kier alpha value is -2.22. The van der Waals surface area contributed by atoms with Crippen molar-refractivity contribution in [1.82, 2.24) is 9.88 Å². The largest absolute Gasteiger partial charge is 0.469 e. The van der Waals surface area contributed by atoms with Gasteiger partial charge < -0.3 is 24.7 Å². The fourth-order valence-electron chi connectivity index (χ4n) is 2.25. The first-order valence-electron chi connectivity index (χ1n) is 6.65. The molecule has 0 radical (unpaired) electrons. The molecule has 0 amide bonds. The standard InChI is InChI=1S/C13H18N4O4/c1-15-3-5-16(6-4-15)11-7-10(8-12(18)21-2)13(14-9-11)17(19)20/h7,9H,3-6,8H2,1-2H3. The lowest BCUT2D eigenvalue weighted by Crippen LogP contribution is -2.44. The minimum absolute atomic E-state index is 0.151. The molecule has 0 aliphatic carbocycles. The molecule has 1 aromatic heterocycles. The molecule has 1 fully saturated rings. The highest BCUT2D eigenvalue weighted by atomic mass is 16.6. The Morgan fingerprint density at radius 1 is 1.43 bits per heavy atom. The van der Waals surface area contributed by atoms with Crippen molar-refractivity contribution in [3.63, 3.8) is 0 Å². The van der Waals surface area contributed by atoms with Crippen LogP contribution >= 0.6 is 0 Å². The number of nitro groups is 1. The van der Waals surface area contributed by atoms with Crippen LogP contribution in [0.5, 0.6) is 0 Å². The van der Waals surface area contributed by atoms with Crippen LogP contribution in [0.4, 0.5) is 11.5 Å². The zero-order valence-electron chi connectivity index (χ0n) is 12.1. The average molecular weight is 294 g/mol. The van der Waals surface area contributed by atoms with Gasteiger partial charge in [-0.3, -0.25) is 4.79 Å². The van der Waals surface area contributed by atoms with Gasteiger partial charge in [-0.1, -0.05) is 0 Å². The fourth-order valence-corrected chi connectivity index (χ4v) is 2.25. The number of ether oxygens (including phenoxy) is 1. The zero-order valence-corrected chi connectivity index (χ0v) is 12.1. The van der Waals surface area contributed by atoms with Gasteiger partial charge >= 0.3 is 11.8 Å². The molecule has 1 aliphatic rings. The molecule has 8 nitrogen and oxygen atoms in total. The van der Waals surface area contributed by atoms with Gasteiger partial charge in [-0.25, -0.2) is 0 Å². The molecule has 2 rings (SSSR count). The van der Waals surface area contributed by atoms with Gasteiger partial charge in [0.15, 0.2) is 6.20 Å². The monoisotopic (exact) mass is 294 g/mol. The van der Waals surface area contributed by atoms with Crippen LogP contribution in [-0.2, 0) is 16.0 Å². The number of hydrogen-bond acceptors (Lipinski definition) is 7. The molecule has 0 atom stereocenters. The van der Waals surface area contributed by atoms with Crippen molar-refractivity contribution in [3.05, 3.63) is 27.9 Å². The van der Waals surface area contributed by atoms with Gasteiger partial charge in [0, 0.05) is 26.2 Å². The maximum absolute atomic E-state index is 11.4. The number of rotatable bonds is 4. The minimum Gasteiger partial charge on any atom is -0.469 e. The summed E-state index contributed by atoms with van der Waals surface area (Å²) in [7, 11) is 3.31. The molecular weight excluding hydrogens is 276 g/mol. The molecule has 0 spiro atoms. The van der Waals surface area contributed by atoms with Gasteiger partial charge in [0.2, 0.25) is 0 Å². The van der Waals surface area contributed by atoms with Crippen LogP contribution in [0.25, 0.3) is 0 Å². The normalized spacial score (nSPS) is 15.8. The van der Waals surface area contributed by atoms with Crippen LogP contribution in [0.2, 0.25) is 0 Å². The summed E-state index contributed by atoms with van der Waals surface area (Å²) in [4.78, 5) is 30.0. The summed E-state index contributed by atoms with van der Waals surface area (Å²) >= 11 is 0. The Balaban J connectivity index is 2.25. The summed E-state index contributed by atoms with van der Waals surface area (Å²) in [5.41, 5.74) is 1.08. The first-order valence-corrected chi connectivity index (χ1v) is 6.65. The van der Waals surface area contributed by atoms with Gasteiger partial charge in [-0.15, -0.1) is 0 Å². The summed E-state index contributed by atoms with van der Waals surface area (Å²) in [6.07, 6.45) is 1.34. The zero-order chi connectivity index (χ0) is 15.4. The first-order chi connectivity index (χ1) is 10.0. The van der Waals surface area contributed by atoms with Gasteiger partial charge in [0.1, 0.15) is 0 Å². The summed E-state index contributed by atoms with van der Waals surface area (Å²) < 4.78 is 4.58. The van der Waals surface area contributed by atoms with Gasteiger partial charge in [-0.05, 0) is 23.0 Å². The second-order valence-electron chi connectivity index (χ2n) is 4.98. The third-order valence-corrected chi connectivity index (χ3v) is 3.53. The van der Waals surface area contributed by atoms with Crippen molar-refractivity contribution in [3.8, 4) is 0 Å². The van der Waals surface area contributed by atoms with Crippen LogP contribution in [0.3, 0.4) is 0 Å². The van der Waals surface area contributed by atoms with Gasteiger partial charge in [-0.2, -0.15) is 0 Å². The van der Waals surface area contributed by atoms with Crippen molar-refractivity contribution in [2.24, 2.45) is 0 Å². The van der Waals surface area contributed by atoms with E-state index < -0.39 is 10.9 Å². The highest BCUT2D eigenvalue weighted by Crippen LogP contribution is 2.23. The van der Waals surface area contributed by atoms with Crippen molar-refractivity contribution in [2.45, 2.75) is 6.42 Å². The molecule has 0 unspecified atom stereocenters. The molecular formula is C13H18N4O4. The van der Waals surface area contributed by atoms with Crippen molar-refractivity contribution >= 4 is 17.5 Å². The Bertz CT molecular complexity index is 541. The lowest BCUT2D eigenvalue weighted by atomic mass is 10.1. The quantitative estimate of drug-likeness (QED) is 0.452. The van der Waals surface area contributed by atoms with E-state index in [0.29, 0.717) is 0 Å². The number of anilines is 1. The highest BCUT2D eigenvalue weighted by molar-refractivity contribution is 5.74. The van der Waals surface area contributed by atoms with E-state index in [1.807, 2.05) is 7.05 Å². The van der Waals surface area contributed by atoms with Crippen LogP contribution < -0.4 is 4.90 Å². The molecule has 0 aromatic carbocycles. The molecule has 21 heavy (non-hydrogen) atoms. The topological polar surface area (TPSA) is 88.8 Å². The summed E-state index contributed by atoms with van der Waals surface area (Å²) in [5, 5.41) is 11.0. The third kappa shape index (κ3) is 3.66. The lowest BCUT2D eigenvalue weighted by molar-refractivity contribution is -0.390. The Kier molecular flexibility index (Phi) is 4.69. The number of carbonyl (C=O) groups excluding carboxylic acids is 1. The minimum atomic E-state index is -0.577. The molecule has 0 bridgehead atoms. The number of piperazine rings is 1. The second kappa shape index (κ2) is 6.49. The smallest absolute Gasteiger partial charge is 0.367 e. The molecule has 1 aromatic rings. The van der Waals surface area contributed by atoms with E-state index in [2.05, 4.69) is 19.5 Å². The van der Waals surface area contributed by atoms with Gasteiger partial charge in [0.25, 0.3) is 0 Å². The van der Waals surface area contributed by atoms with Crippen LogP contribution in [-0.4, -0.2) is 61.1 Å². The third-order valence-electron chi connectivity index (χ3n) is 3.53. The Morgan fingerprint density at radius 3 is 2.67 bits per heavy atom. The van der Waals surface area contributed by atoms with E-state index >= 15 is 0 Å². The molecule has 0 saturated carbocycles. The van der Waals surface area contributed by atoms with Crippen molar-refractivity contribution in [1.29, 1.82) is 0 Å². The average Bonchev–Trinajstić information content (AvgIpc) is 2.47. The second-order valence-corrected chi connectivity index (χ2v) is 4.98. The fraction of sp³-hybridized carbons (Fsp3) is 0.538. The molecule has 2 heterocycles. The Labute approximate surface area is 122 Å². The number of carbonyl (C=O) groups is 1. The van der Waals surface area contributed by atoms with E-state index in [0.717, 1.165) is 31.9 Å². The van der Waals surface area contributed by atoms with E-state index in [1.165, 1.54) is 13.3 Å². The van der Waals surface area contributed by atoms with E-state index in [9.17, 15) is 14.9 Å². The lowest BCUT2D eigenvalue weighted by Gasteiger charge is -2.33. The number of hydrogen-bond donors (Lipinski definition) is 0. The maximum atomic E-state index is 11.4. The highest BCUT2D eigenvalue weighted by Gasteiger charge is 2.22. The van der Waals surface area contributed by atoms with Crippen LogP contribution in [0.15, 0.2) is 12.3 Å². The first kappa shape index (κ1) is 15.2. The molecule has 0 N–H and O–H groups in total. The summed E-state index contributed by atoms with van der Waals surface area (Å²) in [5.74, 6) is -0.811. The molecule has 1 aliphatic heterocycles. The predicted octanol–water partition coefficient (Wildman–Crippen LogP) is 0.457. The van der Waals surface area contributed by atoms with Crippen LogP contribution in [0, 0.1) is 10.1 Å². The van der Waals surface area contributed by atoms with Gasteiger partial charge in [0.05, 0.1) is 24.8 Å². The number of aromatic nitrogens is 1.